The molecule has 1 aromatic carbocycles. The lowest BCUT2D eigenvalue weighted by Crippen LogP contribution is -2.29. The second-order valence-corrected chi connectivity index (χ2v) is 7.88. The van der Waals surface area contributed by atoms with E-state index in [1.807, 2.05) is 0 Å². The maximum Gasteiger partial charge on any atom is 0.306 e. The molecule has 0 aliphatic carbocycles. The van der Waals surface area contributed by atoms with Gasteiger partial charge in [-0.2, -0.15) is 0 Å². The van der Waals surface area contributed by atoms with Gasteiger partial charge in [-0.3, -0.25) is 14.5 Å². The SMILES string of the molecule is COC(=O)C[C@H](c1ccc(OC)c(OC)c1OC)c1oc(CN2CCCCC2)cc(=O)c1O. The molecule has 0 amide bonds. The highest BCUT2D eigenvalue weighted by atomic mass is 16.5. The predicted octanol–water partition coefficient (Wildman–Crippen LogP) is 3.05. The molecule has 0 saturated carbocycles. The van der Waals surface area contributed by atoms with Gasteiger partial charge in [0.1, 0.15) is 5.76 Å². The van der Waals surface area contributed by atoms with Crippen LogP contribution < -0.4 is 19.6 Å². The molecule has 1 atom stereocenters. The van der Waals surface area contributed by atoms with Crippen molar-refractivity contribution in [1.82, 2.24) is 4.90 Å². The van der Waals surface area contributed by atoms with Crippen molar-refractivity contribution in [2.24, 2.45) is 0 Å². The van der Waals surface area contributed by atoms with Crippen LogP contribution in [0.4, 0.5) is 0 Å². The zero-order valence-corrected chi connectivity index (χ0v) is 19.5. The van der Waals surface area contributed by atoms with Gasteiger partial charge in [-0.15, -0.1) is 0 Å². The highest BCUT2D eigenvalue weighted by Gasteiger charge is 2.31. The zero-order valence-electron chi connectivity index (χ0n) is 19.5. The van der Waals surface area contributed by atoms with Gasteiger partial charge in [0, 0.05) is 11.6 Å². The number of piperidine rings is 1. The number of hydrogen-bond acceptors (Lipinski definition) is 9. The van der Waals surface area contributed by atoms with E-state index in [4.69, 9.17) is 23.4 Å². The van der Waals surface area contributed by atoms with E-state index >= 15 is 0 Å². The molecule has 1 saturated heterocycles. The predicted molar refractivity (Wildman–Crippen MR) is 120 cm³/mol. The largest absolute Gasteiger partial charge is 0.502 e. The molecule has 1 N–H and O–H groups in total. The average Bonchev–Trinajstić information content (AvgIpc) is 2.84. The highest BCUT2D eigenvalue weighted by molar-refractivity contribution is 5.72. The fourth-order valence-electron chi connectivity index (χ4n) is 4.20. The molecule has 1 aromatic heterocycles. The summed E-state index contributed by atoms with van der Waals surface area (Å²) in [7, 11) is 5.70. The van der Waals surface area contributed by atoms with Gasteiger partial charge in [0.05, 0.1) is 47.3 Å². The molecular weight excluding hydrogens is 430 g/mol. The molecular formula is C24H31NO8. The number of carbonyl (C=O) groups excluding carboxylic acids is 1. The average molecular weight is 462 g/mol. The molecule has 0 radical (unpaired) electrons. The molecule has 2 heterocycles. The highest BCUT2D eigenvalue weighted by Crippen LogP contribution is 2.46. The number of aromatic hydroxyl groups is 1. The molecule has 0 spiro atoms. The molecule has 3 rings (SSSR count). The summed E-state index contributed by atoms with van der Waals surface area (Å²) in [5.74, 6) is -0.508. The molecule has 2 aromatic rings. The zero-order chi connectivity index (χ0) is 24.0. The summed E-state index contributed by atoms with van der Waals surface area (Å²) in [4.78, 5) is 27.2. The van der Waals surface area contributed by atoms with Gasteiger partial charge in [0.15, 0.2) is 17.3 Å². The number of methoxy groups -OCH3 is 4. The second-order valence-electron chi connectivity index (χ2n) is 7.88. The third-order valence-corrected chi connectivity index (χ3v) is 5.85. The minimum absolute atomic E-state index is 0.0228. The van der Waals surface area contributed by atoms with Crippen LogP contribution in [0, 0.1) is 0 Å². The Morgan fingerprint density at radius 3 is 2.36 bits per heavy atom. The van der Waals surface area contributed by atoms with E-state index < -0.39 is 23.1 Å². The Kier molecular flexibility index (Phi) is 8.21. The van der Waals surface area contributed by atoms with Gasteiger partial charge in [0.25, 0.3) is 0 Å². The Morgan fingerprint density at radius 2 is 1.76 bits per heavy atom. The summed E-state index contributed by atoms with van der Waals surface area (Å²) >= 11 is 0. The third kappa shape index (κ3) is 5.42. The smallest absolute Gasteiger partial charge is 0.306 e. The Labute approximate surface area is 192 Å². The normalized spacial score (nSPS) is 15.0. The number of nitrogens with zero attached hydrogens (tertiary/aromatic N) is 1. The molecule has 0 bridgehead atoms. The van der Waals surface area contributed by atoms with Crippen molar-refractivity contribution in [1.29, 1.82) is 0 Å². The van der Waals surface area contributed by atoms with E-state index in [0.717, 1.165) is 25.9 Å². The summed E-state index contributed by atoms with van der Waals surface area (Å²) < 4.78 is 27.3. The maximum absolute atomic E-state index is 12.7. The molecule has 9 nitrogen and oxygen atoms in total. The van der Waals surface area contributed by atoms with Gasteiger partial charge < -0.3 is 28.5 Å². The van der Waals surface area contributed by atoms with Gasteiger partial charge in [-0.25, -0.2) is 0 Å². The standard InChI is InChI=1S/C24H31NO8/c1-29-19-9-8-16(23(31-3)24(19)32-4)17(13-20(27)30-2)22-21(28)18(26)12-15(33-22)14-25-10-6-5-7-11-25/h8-9,12,17,28H,5-7,10-11,13-14H2,1-4H3/t17-/m1/s1. The van der Waals surface area contributed by atoms with E-state index in [9.17, 15) is 14.7 Å². The lowest BCUT2D eigenvalue weighted by Gasteiger charge is -2.26. The number of carbonyl (C=O) groups is 1. The van der Waals surface area contributed by atoms with Crippen LogP contribution in [0.2, 0.25) is 0 Å². The fraction of sp³-hybridized carbons (Fsp3) is 0.500. The van der Waals surface area contributed by atoms with Crippen LogP contribution in [0.1, 0.15) is 48.7 Å². The molecule has 1 fully saturated rings. The first-order valence-corrected chi connectivity index (χ1v) is 10.9. The first-order chi connectivity index (χ1) is 15.9. The fourth-order valence-corrected chi connectivity index (χ4v) is 4.20. The number of benzene rings is 1. The molecule has 1 aliphatic rings. The van der Waals surface area contributed by atoms with Gasteiger partial charge in [-0.1, -0.05) is 12.5 Å². The van der Waals surface area contributed by atoms with E-state index in [0.29, 0.717) is 35.1 Å². The molecule has 33 heavy (non-hydrogen) atoms. The van der Waals surface area contributed by atoms with Crippen LogP contribution in [0.3, 0.4) is 0 Å². The van der Waals surface area contributed by atoms with Gasteiger partial charge in [0.2, 0.25) is 16.9 Å². The number of esters is 1. The van der Waals surface area contributed by atoms with E-state index in [-0.39, 0.29) is 12.2 Å². The van der Waals surface area contributed by atoms with Crippen LogP contribution >= 0.6 is 0 Å². The lowest BCUT2D eigenvalue weighted by molar-refractivity contribution is -0.140. The van der Waals surface area contributed by atoms with Crippen LogP contribution in [-0.2, 0) is 16.1 Å². The molecule has 9 heteroatoms. The monoisotopic (exact) mass is 461 g/mol. The molecule has 180 valence electrons. The summed E-state index contributed by atoms with van der Waals surface area (Å²) in [6.07, 6.45) is 3.17. The van der Waals surface area contributed by atoms with Crippen molar-refractivity contribution >= 4 is 5.97 Å². The quantitative estimate of drug-likeness (QED) is 0.564. The van der Waals surface area contributed by atoms with Crippen molar-refractivity contribution in [3.05, 3.63) is 45.5 Å². The van der Waals surface area contributed by atoms with Crippen LogP contribution in [0.25, 0.3) is 0 Å². The first-order valence-electron chi connectivity index (χ1n) is 10.9. The number of rotatable bonds is 9. The summed E-state index contributed by atoms with van der Waals surface area (Å²) in [6, 6.07) is 4.65. The Balaban J connectivity index is 2.13. The Morgan fingerprint density at radius 1 is 1.06 bits per heavy atom. The van der Waals surface area contributed by atoms with Crippen LogP contribution in [-0.4, -0.2) is 57.5 Å². The molecule has 1 aliphatic heterocycles. The Bertz CT molecular complexity index is 1030. The van der Waals surface area contributed by atoms with Crippen molar-refractivity contribution < 1.29 is 33.3 Å². The van der Waals surface area contributed by atoms with Crippen LogP contribution in [0.15, 0.2) is 27.4 Å². The second kappa shape index (κ2) is 11.1. The maximum atomic E-state index is 12.7. The van der Waals surface area contributed by atoms with Crippen LogP contribution in [0.5, 0.6) is 23.0 Å². The lowest BCUT2D eigenvalue weighted by atomic mass is 9.90. The van der Waals surface area contributed by atoms with E-state index in [2.05, 4.69) is 4.90 Å². The number of ether oxygens (including phenoxy) is 4. The van der Waals surface area contributed by atoms with Gasteiger partial charge in [-0.05, 0) is 32.0 Å². The van der Waals surface area contributed by atoms with Crippen molar-refractivity contribution in [2.75, 3.05) is 41.5 Å². The minimum Gasteiger partial charge on any atom is -0.502 e. The van der Waals surface area contributed by atoms with E-state index in [1.165, 1.54) is 40.9 Å². The topological polar surface area (TPSA) is 108 Å². The summed E-state index contributed by atoms with van der Waals surface area (Å²) in [6.45, 7) is 2.26. The van der Waals surface area contributed by atoms with Crippen molar-refractivity contribution in [3.8, 4) is 23.0 Å². The molecule has 0 unspecified atom stereocenters. The van der Waals surface area contributed by atoms with Crippen molar-refractivity contribution in [2.45, 2.75) is 38.1 Å². The summed E-state index contributed by atoms with van der Waals surface area (Å²) in [5.41, 5.74) is -0.0910. The van der Waals surface area contributed by atoms with Crippen molar-refractivity contribution in [3.63, 3.8) is 0 Å². The van der Waals surface area contributed by atoms with E-state index in [1.54, 1.807) is 12.1 Å². The summed E-state index contributed by atoms with van der Waals surface area (Å²) in [5, 5.41) is 10.7. The number of hydrogen-bond donors (Lipinski definition) is 1. The third-order valence-electron chi connectivity index (χ3n) is 5.85. The minimum atomic E-state index is -0.860. The van der Waals surface area contributed by atoms with Gasteiger partial charge >= 0.3 is 5.97 Å². The first kappa shape index (κ1) is 24.4. The Hall–Kier alpha value is -3.20. The number of likely N-dealkylation sites (tertiary alicyclic amines) is 1.